The number of alkyl halides is 1. The summed E-state index contributed by atoms with van der Waals surface area (Å²) in [5, 5.41) is 4.90. The fourth-order valence-corrected chi connectivity index (χ4v) is 2.35. The number of nitrogens with zero attached hydrogens (tertiary/aromatic N) is 1. The first-order valence-corrected chi connectivity index (χ1v) is 7.30. The highest BCUT2D eigenvalue weighted by Gasteiger charge is 2.01. The molecule has 0 bridgehead atoms. The molecule has 0 unspecified atom stereocenters. The molecule has 0 fully saturated rings. The van der Waals surface area contributed by atoms with Gasteiger partial charge in [-0.2, -0.15) is 0 Å². The average molecular weight is 309 g/mol. The zero-order valence-corrected chi connectivity index (χ0v) is 11.8. The van der Waals surface area contributed by atoms with Crippen LogP contribution in [0.2, 0.25) is 0 Å². The fourth-order valence-electron chi connectivity index (χ4n) is 1.99. The monoisotopic (exact) mass is 308 g/mol. The highest BCUT2D eigenvalue weighted by Crippen LogP contribution is 2.15. The predicted octanol–water partition coefficient (Wildman–Crippen LogP) is 2.93. The molecule has 1 aromatic carbocycles. The molecule has 0 aliphatic carbocycles. The van der Waals surface area contributed by atoms with Gasteiger partial charge in [0.15, 0.2) is 0 Å². The van der Waals surface area contributed by atoms with E-state index >= 15 is 0 Å². The maximum absolute atomic E-state index is 11.3. The number of para-hydroxylation sites is 1. The van der Waals surface area contributed by atoms with E-state index < -0.39 is 0 Å². The first-order chi connectivity index (χ1) is 8.81. The quantitative estimate of drug-likeness (QED) is 0.646. The van der Waals surface area contributed by atoms with Crippen LogP contribution >= 0.6 is 15.9 Å². The van der Waals surface area contributed by atoms with E-state index in [0.717, 1.165) is 24.8 Å². The van der Waals surface area contributed by atoms with Gasteiger partial charge in [-0.25, -0.2) is 0 Å². The molecule has 96 valence electrons. The molecule has 0 atom stereocenters. The smallest absolute Gasteiger partial charge is 0.220 e. The third-order valence-electron chi connectivity index (χ3n) is 2.90. The maximum Gasteiger partial charge on any atom is 0.220 e. The van der Waals surface area contributed by atoms with Crippen LogP contribution in [0.15, 0.2) is 36.5 Å². The van der Waals surface area contributed by atoms with E-state index in [0.29, 0.717) is 6.42 Å². The van der Waals surface area contributed by atoms with Crippen molar-refractivity contribution in [3.8, 4) is 0 Å². The SMILES string of the molecule is O=C(CCBr)NCCCn1ccc2ccccc21. The standard InChI is InChI=1S/C14H17BrN2O/c15-8-6-14(18)16-9-3-10-17-11-7-12-4-1-2-5-13(12)17/h1-2,4-5,7,11H,3,6,8-10H2,(H,16,18). The number of fused-ring (bicyclic) bond motifs is 1. The zero-order chi connectivity index (χ0) is 12.8. The number of amides is 1. The number of nitrogens with one attached hydrogen (secondary N) is 1. The van der Waals surface area contributed by atoms with E-state index in [1.807, 2.05) is 6.07 Å². The van der Waals surface area contributed by atoms with Crippen LogP contribution in [0.1, 0.15) is 12.8 Å². The summed E-state index contributed by atoms with van der Waals surface area (Å²) in [6.45, 7) is 1.67. The molecule has 2 aromatic rings. The number of aromatic nitrogens is 1. The van der Waals surface area contributed by atoms with Gasteiger partial charge in [-0.3, -0.25) is 4.79 Å². The van der Waals surface area contributed by atoms with Gasteiger partial charge in [0, 0.05) is 36.6 Å². The zero-order valence-electron chi connectivity index (χ0n) is 10.2. The number of rotatable bonds is 6. The van der Waals surface area contributed by atoms with E-state index in [1.165, 1.54) is 10.9 Å². The van der Waals surface area contributed by atoms with Gasteiger partial charge in [0.05, 0.1) is 0 Å². The summed E-state index contributed by atoms with van der Waals surface area (Å²) in [7, 11) is 0. The van der Waals surface area contributed by atoms with Crippen LogP contribution in [-0.2, 0) is 11.3 Å². The molecule has 4 heteroatoms. The van der Waals surface area contributed by atoms with Crippen LogP contribution in [0.5, 0.6) is 0 Å². The first kappa shape index (κ1) is 13.1. The molecular weight excluding hydrogens is 292 g/mol. The third kappa shape index (κ3) is 3.35. The number of carbonyl (C=O) groups excluding carboxylic acids is 1. The summed E-state index contributed by atoms with van der Waals surface area (Å²) in [6.07, 6.45) is 3.60. The molecule has 0 aliphatic rings. The van der Waals surface area contributed by atoms with Crippen LogP contribution in [0.4, 0.5) is 0 Å². The van der Waals surface area contributed by atoms with Crippen molar-refractivity contribution < 1.29 is 4.79 Å². The van der Waals surface area contributed by atoms with Gasteiger partial charge in [0.2, 0.25) is 5.91 Å². The topological polar surface area (TPSA) is 34.0 Å². The van der Waals surface area contributed by atoms with Crippen molar-refractivity contribution in [1.29, 1.82) is 0 Å². The van der Waals surface area contributed by atoms with Gasteiger partial charge in [-0.1, -0.05) is 34.1 Å². The molecule has 0 saturated heterocycles. The highest BCUT2D eigenvalue weighted by molar-refractivity contribution is 9.09. The molecule has 3 nitrogen and oxygen atoms in total. The van der Waals surface area contributed by atoms with Crippen LogP contribution in [0.25, 0.3) is 10.9 Å². The normalized spacial score (nSPS) is 10.7. The summed E-state index contributed by atoms with van der Waals surface area (Å²) in [6, 6.07) is 10.5. The summed E-state index contributed by atoms with van der Waals surface area (Å²) < 4.78 is 2.23. The second-order valence-electron chi connectivity index (χ2n) is 4.21. The minimum Gasteiger partial charge on any atom is -0.356 e. The van der Waals surface area contributed by atoms with Crippen molar-refractivity contribution in [2.24, 2.45) is 0 Å². The van der Waals surface area contributed by atoms with Crippen molar-refractivity contribution in [3.05, 3.63) is 36.5 Å². The van der Waals surface area contributed by atoms with Crippen LogP contribution in [0, 0.1) is 0 Å². The Morgan fingerprint density at radius 3 is 2.94 bits per heavy atom. The molecule has 2 rings (SSSR count). The number of hydrogen-bond acceptors (Lipinski definition) is 1. The Labute approximate surface area is 115 Å². The number of benzene rings is 1. The van der Waals surface area contributed by atoms with Gasteiger partial charge >= 0.3 is 0 Å². The lowest BCUT2D eigenvalue weighted by Gasteiger charge is -2.06. The summed E-state index contributed by atoms with van der Waals surface area (Å²) in [5.74, 6) is 0.115. The molecule has 1 N–H and O–H groups in total. The van der Waals surface area contributed by atoms with E-state index in [2.05, 4.69) is 56.3 Å². The number of carbonyl (C=O) groups is 1. The Kier molecular flexibility index (Phi) is 4.81. The van der Waals surface area contributed by atoms with E-state index in [4.69, 9.17) is 0 Å². The molecule has 18 heavy (non-hydrogen) atoms. The fraction of sp³-hybridized carbons (Fsp3) is 0.357. The molecule has 1 aromatic heterocycles. The van der Waals surface area contributed by atoms with Gasteiger partial charge < -0.3 is 9.88 Å². The lowest BCUT2D eigenvalue weighted by Crippen LogP contribution is -2.25. The Morgan fingerprint density at radius 1 is 1.28 bits per heavy atom. The van der Waals surface area contributed by atoms with Gasteiger partial charge in [0.25, 0.3) is 0 Å². The summed E-state index contributed by atoms with van der Waals surface area (Å²) in [4.78, 5) is 11.3. The van der Waals surface area contributed by atoms with Crippen LogP contribution in [-0.4, -0.2) is 22.3 Å². The largest absolute Gasteiger partial charge is 0.356 e. The van der Waals surface area contributed by atoms with Crippen LogP contribution < -0.4 is 5.32 Å². The highest BCUT2D eigenvalue weighted by atomic mass is 79.9. The van der Waals surface area contributed by atoms with Crippen molar-refractivity contribution in [1.82, 2.24) is 9.88 Å². The minimum absolute atomic E-state index is 0.115. The molecule has 1 amide bonds. The molecule has 0 radical (unpaired) electrons. The van der Waals surface area contributed by atoms with Crippen molar-refractivity contribution in [3.63, 3.8) is 0 Å². The lowest BCUT2D eigenvalue weighted by molar-refractivity contribution is -0.120. The second-order valence-corrected chi connectivity index (χ2v) is 5.00. The predicted molar refractivity (Wildman–Crippen MR) is 78.0 cm³/mol. The Hall–Kier alpha value is -1.29. The maximum atomic E-state index is 11.3. The number of aryl methyl sites for hydroxylation is 1. The third-order valence-corrected chi connectivity index (χ3v) is 3.30. The van der Waals surface area contributed by atoms with Crippen LogP contribution in [0.3, 0.4) is 0 Å². The summed E-state index contributed by atoms with van der Waals surface area (Å²) >= 11 is 3.25. The molecule has 0 spiro atoms. The molecule has 0 saturated carbocycles. The number of halogens is 1. The molecule has 0 aliphatic heterocycles. The second kappa shape index (κ2) is 6.59. The Morgan fingerprint density at radius 2 is 2.11 bits per heavy atom. The van der Waals surface area contributed by atoms with Gasteiger partial charge in [-0.05, 0) is 23.9 Å². The van der Waals surface area contributed by atoms with Gasteiger partial charge in [-0.15, -0.1) is 0 Å². The Bertz CT molecular complexity index is 521. The van der Waals surface area contributed by atoms with E-state index in [1.54, 1.807) is 0 Å². The van der Waals surface area contributed by atoms with Crippen molar-refractivity contribution >= 4 is 32.7 Å². The first-order valence-electron chi connectivity index (χ1n) is 6.18. The Balaban J connectivity index is 1.82. The van der Waals surface area contributed by atoms with Gasteiger partial charge in [0.1, 0.15) is 0 Å². The molecular formula is C14H17BrN2O. The van der Waals surface area contributed by atoms with E-state index in [-0.39, 0.29) is 5.91 Å². The summed E-state index contributed by atoms with van der Waals surface area (Å²) in [5.41, 5.74) is 1.25. The minimum atomic E-state index is 0.115. The number of hydrogen-bond donors (Lipinski definition) is 1. The van der Waals surface area contributed by atoms with Crippen molar-refractivity contribution in [2.75, 3.05) is 11.9 Å². The average Bonchev–Trinajstić information content (AvgIpc) is 2.78. The van der Waals surface area contributed by atoms with E-state index in [9.17, 15) is 4.79 Å². The van der Waals surface area contributed by atoms with Crippen molar-refractivity contribution in [2.45, 2.75) is 19.4 Å². The lowest BCUT2D eigenvalue weighted by atomic mass is 10.2. The molecule has 1 heterocycles.